The number of unbranched alkanes of at least 4 members (excludes halogenated alkanes) is 1. The van der Waals surface area contributed by atoms with E-state index in [2.05, 4.69) is 31.0 Å². The second-order valence-electron chi connectivity index (χ2n) is 8.02. The van der Waals surface area contributed by atoms with Crippen LogP contribution in [-0.4, -0.2) is 46.4 Å². The van der Waals surface area contributed by atoms with E-state index in [1.165, 1.54) is 0 Å². The van der Waals surface area contributed by atoms with E-state index in [1.807, 2.05) is 42.5 Å². The van der Waals surface area contributed by atoms with Crippen molar-refractivity contribution in [2.24, 2.45) is 0 Å². The van der Waals surface area contributed by atoms with Crippen LogP contribution in [0.25, 0.3) is 22.2 Å². The van der Waals surface area contributed by atoms with Gasteiger partial charge in [0.15, 0.2) is 5.82 Å². The second kappa shape index (κ2) is 11.8. The van der Waals surface area contributed by atoms with Gasteiger partial charge in [-0.2, -0.15) is 10.1 Å². The van der Waals surface area contributed by atoms with E-state index >= 15 is 0 Å². The molecule has 2 aromatic heterocycles. The van der Waals surface area contributed by atoms with Crippen LogP contribution in [0.3, 0.4) is 0 Å². The molecule has 4 aromatic rings. The van der Waals surface area contributed by atoms with Crippen molar-refractivity contribution in [1.29, 1.82) is 0 Å². The second-order valence-corrected chi connectivity index (χ2v) is 8.02. The Morgan fingerprint density at radius 3 is 2.60 bits per heavy atom. The molecule has 2 heterocycles. The molecule has 10 heteroatoms. The average molecular weight is 477 g/mol. The van der Waals surface area contributed by atoms with Crippen LogP contribution in [-0.2, 0) is 11.2 Å². The molecule has 0 radical (unpaired) electrons. The van der Waals surface area contributed by atoms with Gasteiger partial charge in [0.1, 0.15) is 5.75 Å². The van der Waals surface area contributed by atoms with E-state index < -0.39 is 0 Å². The van der Waals surface area contributed by atoms with Crippen LogP contribution in [0.15, 0.2) is 57.8 Å². The lowest BCUT2D eigenvalue weighted by molar-refractivity contribution is -0.121. The molecule has 0 aliphatic heterocycles. The van der Waals surface area contributed by atoms with Gasteiger partial charge in [-0.15, -0.1) is 0 Å². The smallest absolute Gasteiger partial charge is 0.272 e. The van der Waals surface area contributed by atoms with Crippen LogP contribution < -0.4 is 20.9 Å². The number of carbonyl (C=O) groups excluding carboxylic acids is 1. The van der Waals surface area contributed by atoms with E-state index in [1.54, 1.807) is 13.2 Å². The van der Waals surface area contributed by atoms with Gasteiger partial charge in [-0.1, -0.05) is 23.4 Å². The van der Waals surface area contributed by atoms with Gasteiger partial charge in [-0.25, -0.2) is 5.10 Å². The predicted octanol–water partition coefficient (Wildman–Crippen LogP) is 3.31. The Labute approximate surface area is 202 Å². The Morgan fingerprint density at radius 1 is 1.03 bits per heavy atom. The van der Waals surface area contributed by atoms with Crippen molar-refractivity contribution in [2.45, 2.75) is 32.1 Å². The first kappa shape index (κ1) is 23.9. The fourth-order valence-corrected chi connectivity index (χ4v) is 3.64. The summed E-state index contributed by atoms with van der Waals surface area (Å²) in [5, 5.41) is 18.2. The number of amides is 1. The number of carbonyl (C=O) groups is 1. The summed E-state index contributed by atoms with van der Waals surface area (Å²) in [6.45, 7) is 1.29. The van der Waals surface area contributed by atoms with Crippen LogP contribution in [0.1, 0.15) is 31.6 Å². The summed E-state index contributed by atoms with van der Waals surface area (Å²) in [6, 6.07) is 14.8. The lowest BCUT2D eigenvalue weighted by Crippen LogP contribution is -2.24. The number of nitrogens with one attached hydrogen (secondary N) is 3. The molecule has 2 aromatic carbocycles. The molecule has 0 fully saturated rings. The number of aromatic amines is 1. The maximum absolute atomic E-state index is 12.1. The first-order valence-corrected chi connectivity index (χ1v) is 11.6. The van der Waals surface area contributed by atoms with Gasteiger partial charge in [-0.3, -0.25) is 9.59 Å². The van der Waals surface area contributed by atoms with Crippen LogP contribution in [0.2, 0.25) is 0 Å². The summed E-state index contributed by atoms with van der Waals surface area (Å²) < 4.78 is 10.4. The molecule has 0 saturated heterocycles. The number of hydrogen-bond acceptors (Lipinski definition) is 8. The summed E-state index contributed by atoms with van der Waals surface area (Å²) in [5.74, 6) is 2.45. The Hall–Kier alpha value is -4.21. The first-order chi connectivity index (χ1) is 17.1. The van der Waals surface area contributed by atoms with Gasteiger partial charge in [-0.05, 0) is 49.6 Å². The van der Waals surface area contributed by atoms with Gasteiger partial charge in [0, 0.05) is 36.9 Å². The largest absolute Gasteiger partial charge is 0.497 e. The minimum absolute atomic E-state index is 0.00106. The minimum Gasteiger partial charge on any atom is -0.497 e. The Bertz CT molecular complexity index is 1320. The van der Waals surface area contributed by atoms with Crippen molar-refractivity contribution in [3.63, 3.8) is 0 Å². The highest BCUT2D eigenvalue weighted by Gasteiger charge is 2.10. The van der Waals surface area contributed by atoms with Crippen molar-refractivity contribution in [1.82, 2.24) is 25.7 Å². The first-order valence-electron chi connectivity index (χ1n) is 11.6. The molecular formula is C25H28N6O4. The normalized spacial score (nSPS) is 10.9. The van der Waals surface area contributed by atoms with Crippen molar-refractivity contribution >= 4 is 22.5 Å². The molecule has 0 saturated carbocycles. The number of rotatable bonds is 12. The average Bonchev–Trinajstić information content (AvgIpc) is 3.36. The molecule has 3 N–H and O–H groups in total. The maximum Gasteiger partial charge on any atom is 0.272 e. The summed E-state index contributed by atoms with van der Waals surface area (Å²) in [7, 11) is 1.62. The molecule has 0 aliphatic rings. The van der Waals surface area contributed by atoms with Crippen molar-refractivity contribution < 1.29 is 14.1 Å². The number of aromatic nitrogens is 4. The third-order valence-corrected chi connectivity index (χ3v) is 5.53. The Morgan fingerprint density at radius 2 is 1.80 bits per heavy atom. The zero-order valence-electron chi connectivity index (χ0n) is 19.5. The number of anilines is 1. The highest BCUT2D eigenvalue weighted by Crippen LogP contribution is 2.20. The molecule has 0 spiro atoms. The van der Waals surface area contributed by atoms with Crippen LogP contribution >= 0.6 is 0 Å². The number of fused-ring (bicyclic) bond motifs is 1. The van der Waals surface area contributed by atoms with Gasteiger partial charge in [0.25, 0.3) is 5.56 Å². The quantitative estimate of drug-likeness (QED) is 0.265. The number of ether oxygens (including phenoxy) is 1. The SMILES string of the molecule is COc1ccc(-c2noc(CCCC(=O)NCCCCNc3n[nH]c(=O)c4ccccc34)n2)cc1. The van der Waals surface area contributed by atoms with E-state index in [0.717, 1.165) is 29.5 Å². The highest BCUT2D eigenvalue weighted by molar-refractivity contribution is 5.90. The summed E-state index contributed by atoms with van der Waals surface area (Å²) in [4.78, 5) is 28.3. The zero-order valence-corrected chi connectivity index (χ0v) is 19.5. The van der Waals surface area contributed by atoms with Gasteiger partial charge in [0.05, 0.1) is 12.5 Å². The molecular weight excluding hydrogens is 448 g/mol. The van der Waals surface area contributed by atoms with Gasteiger partial charge >= 0.3 is 0 Å². The van der Waals surface area contributed by atoms with Crippen LogP contribution in [0, 0.1) is 0 Å². The monoisotopic (exact) mass is 476 g/mol. The topological polar surface area (TPSA) is 135 Å². The number of methoxy groups -OCH3 is 1. The standard InChI is InChI=1S/C25H28N6O4/c1-34-18-13-11-17(12-14-18)23-28-22(35-31-23)10-6-9-21(32)26-15-4-5-16-27-24-19-7-2-3-8-20(19)25(33)30-29-24/h2-3,7-8,11-14H,4-6,9-10,15-16H2,1H3,(H,26,32)(H,27,29)(H,30,33). The van der Waals surface area contributed by atoms with Gasteiger partial charge < -0.3 is 19.9 Å². The van der Waals surface area contributed by atoms with Crippen LogP contribution in [0.4, 0.5) is 5.82 Å². The molecule has 4 rings (SSSR count). The predicted molar refractivity (Wildman–Crippen MR) is 132 cm³/mol. The Kier molecular flexibility index (Phi) is 8.05. The summed E-state index contributed by atoms with van der Waals surface area (Å²) >= 11 is 0. The third-order valence-electron chi connectivity index (χ3n) is 5.53. The Balaban J connectivity index is 1.11. The zero-order chi connectivity index (χ0) is 24.5. The number of H-pyrrole nitrogens is 1. The number of benzene rings is 2. The van der Waals surface area contributed by atoms with E-state index in [-0.39, 0.29) is 11.5 Å². The molecule has 0 aliphatic carbocycles. The molecule has 0 bridgehead atoms. The highest BCUT2D eigenvalue weighted by atomic mass is 16.5. The molecule has 0 atom stereocenters. The molecule has 182 valence electrons. The number of nitrogens with zero attached hydrogens (tertiary/aromatic N) is 3. The maximum atomic E-state index is 12.1. The fourth-order valence-electron chi connectivity index (χ4n) is 3.64. The molecule has 10 nitrogen and oxygen atoms in total. The number of hydrogen-bond donors (Lipinski definition) is 3. The minimum atomic E-state index is -0.203. The number of aryl methyl sites for hydroxylation is 1. The van der Waals surface area contributed by atoms with Crippen LogP contribution in [0.5, 0.6) is 5.75 Å². The summed E-state index contributed by atoms with van der Waals surface area (Å²) in [6.07, 6.45) is 3.25. The van der Waals surface area contributed by atoms with E-state index in [4.69, 9.17) is 9.26 Å². The summed E-state index contributed by atoms with van der Waals surface area (Å²) in [5.41, 5.74) is 0.642. The lowest BCUT2D eigenvalue weighted by atomic mass is 10.2. The lowest BCUT2D eigenvalue weighted by Gasteiger charge is -2.08. The molecule has 0 unspecified atom stereocenters. The van der Waals surface area contributed by atoms with Gasteiger partial charge in [0.2, 0.25) is 17.6 Å². The molecule has 35 heavy (non-hydrogen) atoms. The van der Waals surface area contributed by atoms with Crippen molar-refractivity contribution in [2.75, 3.05) is 25.5 Å². The van der Waals surface area contributed by atoms with Crippen molar-refractivity contribution in [3.05, 3.63) is 64.8 Å². The fraction of sp³-hybridized carbons (Fsp3) is 0.320. The third kappa shape index (κ3) is 6.44. The van der Waals surface area contributed by atoms with E-state index in [0.29, 0.717) is 55.3 Å². The molecule has 1 amide bonds. The van der Waals surface area contributed by atoms with Crippen molar-refractivity contribution in [3.8, 4) is 17.1 Å². The van der Waals surface area contributed by atoms with E-state index in [9.17, 15) is 9.59 Å².